The predicted molar refractivity (Wildman–Crippen MR) is 160 cm³/mol. The molecular weight excluding hydrogens is 580 g/mol. The number of carbonyl (C=O) groups excluding carboxylic acids is 3. The number of thiophene rings is 1. The summed E-state index contributed by atoms with van der Waals surface area (Å²) in [6.45, 7) is 0.0697. The fourth-order valence-corrected chi connectivity index (χ4v) is 5.50. The van der Waals surface area contributed by atoms with E-state index >= 15 is 0 Å². The second-order valence-electron chi connectivity index (χ2n) is 10.2. The molecule has 42 heavy (non-hydrogen) atoms. The third kappa shape index (κ3) is 6.87. The zero-order chi connectivity index (χ0) is 30.0. The molecule has 0 radical (unpaired) electrons. The molecule has 0 spiro atoms. The van der Waals surface area contributed by atoms with Gasteiger partial charge in [-0.1, -0.05) is 23.7 Å². The molecule has 4 N–H and O–H groups in total. The third-order valence-electron chi connectivity index (χ3n) is 6.93. The summed E-state index contributed by atoms with van der Waals surface area (Å²) < 4.78 is 0. The smallest absolute Gasteiger partial charge is 0.345 e. The van der Waals surface area contributed by atoms with E-state index in [2.05, 4.69) is 15.6 Å². The van der Waals surface area contributed by atoms with Gasteiger partial charge < -0.3 is 25.6 Å². The van der Waals surface area contributed by atoms with Gasteiger partial charge in [0.1, 0.15) is 10.9 Å². The van der Waals surface area contributed by atoms with Gasteiger partial charge in [-0.2, -0.15) is 0 Å². The molecule has 0 unspecified atom stereocenters. The zero-order valence-electron chi connectivity index (χ0n) is 22.5. The Morgan fingerprint density at radius 2 is 1.76 bits per heavy atom. The van der Waals surface area contributed by atoms with E-state index in [1.807, 2.05) is 0 Å². The van der Waals surface area contributed by atoms with Gasteiger partial charge in [-0.15, -0.1) is 11.3 Å². The van der Waals surface area contributed by atoms with Crippen molar-refractivity contribution in [1.82, 2.24) is 15.2 Å². The lowest BCUT2D eigenvalue weighted by atomic mass is 10.0. The topological polar surface area (TPSA) is 149 Å². The summed E-state index contributed by atoms with van der Waals surface area (Å²) in [5, 5.41) is 16.0. The number of carbonyl (C=O) groups is 4. The first kappa shape index (κ1) is 29.0. The van der Waals surface area contributed by atoms with Crippen LogP contribution in [-0.2, 0) is 22.6 Å². The molecule has 10 nitrogen and oxygen atoms in total. The molecule has 2 aromatic heterocycles. The maximum Gasteiger partial charge on any atom is 0.345 e. The zero-order valence-corrected chi connectivity index (χ0v) is 24.1. The third-order valence-corrected chi connectivity index (χ3v) is 8.24. The average Bonchev–Trinajstić information content (AvgIpc) is 3.69. The number of H-pyrrole nitrogens is 1. The molecule has 0 saturated heterocycles. The Labute approximate surface area is 249 Å². The Hall–Kier alpha value is -4.48. The van der Waals surface area contributed by atoms with Crippen molar-refractivity contribution in [3.8, 4) is 0 Å². The van der Waals surface area contributed by atoms with Gasteiger partial charge in [-0.3, -0.25) is 19.2 Å². The van der Waals surface area contributed by atoms with Gasteiger partial charge in [0.05, 0.1) is 4.88 Å². The van der Waals surface area contributed by atoms with Crippen molar-refractivity contribution in [2.45, 2.75) is 31.8 Å². The molecule has 1 fully saturated rings. The van der Waals surface area contributed by atoms with Crippen LogP contribution in [0.2, 0.25) is 5.02 Å². The fraction of sp³-hybridized carbons (Fsp3) is 0.233. The Kier molecular flexibility index (Phi) is 8.41. The summed E-state index contributed by atoms with van der Waals surface area (Å²) in [5.74, 6) is -2.11. The minimum Gasteiger partial charge on any atom is -0.477 e. The SMILES string of the molecule is CN(Cc1cc(=O)[nH]c2ccc(Cl)cc12)C(=O)[C@H](Cc1ccc(NC(=O)C2CC2)cc1)NC(=O)c1ccc(C(=O)O)s1. The summed E-state index contributed by atoms with van der Waals surface area (Å²) in [7, 11) is 1.57. The number of hydrogen-bond donors (Lipinski definition) is 4. The van der Waals surface area contributed by atoms with E-state index in [9.17, 15) is 29.1 Å². The van der Waals surface area contributed by atoms with Crippen LogP contribution in [0.1, 0.15) is 43.3 Å². The number of pyridine rings is 1. The number of hydrogen-bond acceptors (Lipinski definition) is 6. The number of amides is 3. The summed E-state index contributed by atoms with van der Waals surface area (Å²) in [6, 6.07) is 15.2. The number of nitrogens with one attached hydrogen (secondary N) is 3. The van der Waals surface area contributed by atoms with Crippen molar-refractivity contribution in [3.63, 3.8) is 0 Å². The van der Waals surface area contributed by atoms with Crippen LogP contribution in [0.5, 0.6) is 0 Å². The van der Waals surface area contributed by atoms with Gasteiger partial charge in [-0.05, 0) is 66.4 Å². The molecule has 1 atom stereocenters. The Morgan fingerprint density at radius 3 is 2.43 bits per heavy atom. The second kappa shape index (κ2) is 12.2. The fourth-order valence-electron chi connectivity index (χ4n) is 4.58. The number of halogens is 1. The first-order valence-corrected chi connectivity index (χ1v) is 14.4. The van der Waals surface area contributed by atoms with Gasteiger partial charge in [0.2, 0.25) is 17.4 Å². The number of aromatic nitrogens is 1. The first-order chi connectivity index (χ1) is 20.1. The number of carboxylic acid groups (broad SMARTS) is 1. The number of likely N-dealkylation sites (N-methyl/N-ethyl adjacent to an activating group) is 1. The van der Waals surface area contributed by atoms with E-state index in [1.54, 1.807) is 49.5 Å². The summed E-state index contributed by atoms with van der Waals surface area (Å²) in [4.78, 5) is 66.9. The van der Waals surface area contributed by atoms with Crippen LogP contribution >= 0.6 is 22.9 Å². The van der Waals surface area contributed by atoms with Gasteiger partial charge >= 0.3 is 5.97 Å². The van der Waals surface area contributed by atoms with Crippen molar-refractivity contribution in [3.05, 3.63) is 96.9 Å². The van der Waals surface area contributed by atoms with Crippen LogP contribution in [-0.4, -0.2) is 51.8 Å². The van der Waals surface area contributed by atoms with Gasteiger partial charge in [0.15, 0.2) is 0 Å². The molecule has 3 amide bonds. The number of anilines is 1. The largest absolute Gasteiger partial charge is 0.477 e. The molecule has 1 aliphatic rings. The molecule has 0 aliphatic heterocycles. The molecule has 0 bridgehead atoms. The number of aromatic carboxylic acids is 1. The number of benzene rings is 2. The Morgan fingerprint density at radius 1 is 1.05 bits per heavy atom. The van der Waals surface area contributed by atoms with Crippen LogP contribution in [0.25, 0.3) is 10.9 Å². The van der Waals surface area contributed by atoms with Crippen LogP contribution in [0, 0.1) is 5.92 Å². The van der Waals surface area contributed by atoms with Gasteiger partial charge in [0, 0.05) is 53.6 Å². The molecule has 2 aromatic carbocycles. The number of carboxylic acids is 1. The van der Waals surface area contributed by atoms with E-state index in [1.165, 1.54) is 23.1 Å². The quantitative estimate of drug-likeness (QED) is 0.212. The van der Waals surface area contributed by atoms with Crippen molar-refractivity contribution in [1.29, 1.82) is 0 Å². The Bertz CT molecular complexity index is 1740. The van der Waals surface area contributed by atoms with Gasteiger partial charge in [-0.25, -0.2) is 4.79 Å². The van der Waals surface area contributed by atoms with Crippen LogP contribution < -0.4 is 16.2 Å². The standard InChI is InChI=1S/C30H27ClN4O6S/c1-35(15-18-13-26(36)33-22-9-6-19(31)14-21(18)22)29(39)23(34-28(38)24-10-11-25(42-24)30(40)41)12-16-2-7-20(8-3-16)32-27(37)17-4-5-17/h2-3,6-11,13-14,17,23H,4-5,12,15H2,1H3,(H,32,37)(H,33,36)(H,34,38)(H,40,41)/t23-/m0/s1. The number of nitrogens with zero attached hydrogens (tertiary/aromatic N) is 1. The molecule has 1 saturated carbocycles. The maximum absolute atomic E-state index is 13.8. The van der Waals surface area contributed by atoms with E-state index in [4.69, 9.17) is 11.6 Å². The molecule has 1 aliphatic carbocycles. The molecule has 12 heteroatoms. The molecular formula is C30H27ClN4O6S. The number of fused-ring (bicyclic) bond motifs is 1. The monoisotopic (exact) mass is 606 g/mol. The van der Waals surface area contributed by atoms with Crippen LogP contribution in [0.15, 0.2) is 65.5 Å². The highest BCUT2D eigenvalue weighted by Gasteiger charge is 2.30. The van der Waals surface area contributed by atoms with Crippen LogP contribution in [0.4, 0.5) is 5.69 Å². The predicted octanol–water partition coefficient (Wildman–Crippen LogP) is 4.29. The van der Waals surface area contributed by atoms with Gasteiger partial charge in [0.25, 0.3) is 5.91 Å². The molecule has 216 valence electrons. The highest BCUT2D eigenvalue weighted by molar-refractivity contribution is 7.15. The Balaban J connectivity index is 1.37. The number of aromatic amines is 1. The van der Waals surface area contributed by atoms with E-state index in [-0.39, 0.29) is 40.1 Å². The molecule has 4 aromatic rings. The molecule has 2 heterocycles. The summed E-state index contributed by atoms with van der Waals surface area (Å²) >= 11 is 7.00. The lowest BCUT2D eigenvalue weighted by Gasteiger charge is -2.25. The molecule has 5 rings (SSSR count). The maximum atomic E-state index is 13.8. The normalized spacial score (nSPS) is 13.4. The lowest BCUT2D eigenvalue weighted by Crippen LogP contribution is -2.48. The van der Waals surface area contributed by atoms with Crippen molar-refractivity contribution < 1.29 is 24.3 Å². The van der Waals surface area contributed by atoms with Crippen LogP contribution in [0.3, 0.4) is 0 Å². The van der Waals surface area contributed by atoms with Crippen molar-refractivity contribution >= 4 is 63.2 Å². The minimum absolute atomic E-state index is 0.00353. The van der Waals surface area contributed by atoms with Crippen molar-refractivity contribution in [2.75, 3.05) is 12.4 Å². The number of rotatable bonds is 10. The second-order valence-corrected chi connectivity index (χ2v) is 11.7. The van der Waals surface area contributed by atoms with Crippen molar-refractivity contribution in [2.24, 2.45) is 5.92 Å². The average molecular weight is 607 g/mol. The van der Waals surface area contributed by atoms with E-state index < -0.39 is 23.8 Å². The summed E-state index contributed by atoms with van der Waals surface area (Å²) in [6.07, 6.45) is 1.91. The highest BCUT2D eigenvalue weighted by Crippen LogP contribution is 2.30. The lowest BCUT2D eigenvalue weighted by molar-refractivity contribution is -0.132. The van der Waals surface area contributed by atoms with E-state index in [0.717, 1.165) is 29.7 Å². The van der Waals surface area contributed by atoms with E-state index in [0.29, 0.717) is 27.2 Å². The summed E-state index contributed by atoms with van der Waals surface area (Å²) in [5.41, 5.74) is 2.20. The first-order valence-electron chi connectivity index (χ1n) is 13.2. The minimum atomic E-state index is -1.15. The highest BCUT2D eigenvalue weighted by atomic mass is 35.5.